The average molecular weight is 271 g/mol. The van der Waals surface area contributed by atoms with Crippen molar-refractivity contribution >= 4 is 17.2 Å². The fourth-order valence-electron chi connectivity index (χ4n) is 2.45. The van der Waals surface area contributed by atoms with Gasteiger partial charge in [-0.15, -0.1) is 11.3 Å². The molecule has 0 saturated heterocycles. The topological polar surface area (TPSA) is 20.3 Å². The van der Waals surface area contributed by atoms with Gasteiger partial charge in [-0.05, 0) is 35.9 Å². The Bertz CT molecular complexity index is 585. The molecule has 0 N–H and O–H groups in total. The molecule has 1 aliphatic rings. The average Bonchev–Trinajstić information content (AvgIpc) is 2.88. The molecule has 19 heavy (non-hydrogen) atoms. The van der Waals surface area contributed by atoms with Gasteiger partial charge in [0.1, 0.15) is 0 Å². The summed E-state index contributed by atoms with van der Waals surface area (Å²) in [5.74, 6) is 0.237. The van der Waals surface area contributed by atoms with Crippen LogP contribution in [-0.2, 0) is 24.2 Å². The van der Waals surface area contributed by atoms with E-state index in [1.165, 1.54) is 16.0 Å². The Balaban J connectivity index is 1.67. The number of nitrogens with zero attached hydrogens (tertiary/aromatic N) is 1. The van der Waals surface area contributed by atoms with E-state index < -0.39 is 0 Å². The lowest BCUT2D eigenvalue weighted by Gasteiger charge is -2.27. The summed E-state index contributed by atoms with van der Waals surface area (Å²) in [5, 5.41) is 2.12. The Morgan fingerprint density at radius 2 is 2.05 bits per heavy atom. The van der Waals surface area contributed by atoms with E-state index in [9.17, 15) is 4.79 Å². The molecule has 3 rings (SSSR count). The maximum Gasteiger partial charge on any atom is 0.227 e. The normalized spacial score (nSPS) is 14.3. The van der Waals surface area contributed by atoms with Gasteiger partial charge in [-0.25, -0.2) is 0 Å². The fourth-order valence-corrected chi connectivity index (χ4v) is 3.34. The summed E-state index contributed by atoms with van der Waals surface area (Å²) in [6.07, 6.45) is 1.52. The Morgan fingerprint density at radius 3 is 2.84 bits per heavy atom. The third-order valence-corrected chi connectivity index (χ3v) is 4.66. The van der Waals surface area contributed by atoms with Crippen LogP contribution in [0, 0.1) is 6.92 Å². The van der Waals surface area contributed by atoms with E-state index in [0.29, 0.717) is 6.42 Å². The lowest BCUT2D eigenvalue weighted by molar-refractivity contribution is -0.131. The second-order valence-corrected chi connectivity index (χ2v) is 6.10. The highest BCUT2D eigenvalue weighted by Gasteiger charge is 2.21. The zero-order valence-electron chi connectivity index (χ0n) is 11.1. The van der Waals surface area contributed by atoms with Crippen molar-refractivity contribution in [1.29, 1.82) is 0 Å². The molecule has 1 aromatic carbocycles. The molecule has 98 valence electrons. The van der Waals surface area contributed by atoms with Gasteiger partial charge in [-0.1, -0.05) is 29.8 Å². The van der Waals surface area contributed by atoms with Crippen LogP contribution >= 0.6 is 11.3 Å². The molecule has 0 aliphatic carbocycles. The van der Waals surface area contributed by atoms with Crippen molar-refractivity contribution in [2.75, 3.05) is 6.54 Å². The molecule has 0 atom stereocenters. The molecular weight excluding hydrogens is 254 g/mol. The first-order valence-corrected chi connectivity index (χ1v) is 7.49. The van der Waals surface area contributed by atoms with Crippen LogP contribution in [0.4, 0.5) is 0 Å². The van der Waals surface area contributed by atoms with Crippen LogP contribution < -0.4 is 0 Å². The summed E-state index contributed by atoms with van der Waals surface area (Å²) >= 11 is 1.81. The van der Waals surface area contributed by atoms with Crippen molar-refractivity contribution < 1.29 is 4.79 Å². The maximum absolute atomic E-state index is 12.3. The van der Waals surface area contributed by atoms with Gasteiger partial charge in [0, 0.05) is 18.0 Å². The van der Waals surface area contributed by atoms with Crippen LogP contribution in [-0.4, -0.2) is 17.4 Å². The molecule has 1 amide bonds. The first-order chi connectivity index (χ1) is 9.22. The quantitative estimate of drug-likeness (QED) is 0.821. The second-order valence-electron chi connectivity index (χ2n) is 5.10. The van der Waals surface area contributed by atoms with E-state index in [1.54, 1.807) is 11.3 Å². The van der Waals surface area contributed by atoms with E-state index >= 15 is 0 Å². The highest BCUT2D eigenvalue weighted by Crippen LogP contribution is 2.24. The number of carbonyl (C=O) groups excluding carboxylic acids is 1. The Hall–Kier alpha value is -1.61. The van der Waals surface area contributed by atoms with Crippen molar-refractivity contribution in [1.82, 2.24) is 4.90 Å². The molecule has 3 heteroatoms. The predicted octanol–water partition coefficient (Wildman–Crippen LogP) is 3.18. The van der Waals surface area contributed by atoms with Crippen LogP contribution in [0.15, 0.2) is 35.7 Å². The van der Waals surface area contributed by atoms with Gasteiger partial charge in [0.25, 0.3) is 0 Å². The van der Waals surface area contributed by atoms with Gasteiger partial charge in [-0.2, -0.15) is 0 Å². The minimum Gasteiger partial charge on any atom is -0.338 e. The number of fused-ring (bicyclic) bond motifs is 1. The number of carbonyl (C=O) groups is 1. The highest BCUT2D eigenvalue weighted by molar-refractivity contribution is 7.10. The Morgan fingerprint density at radius 1 is 1.26 bits per heavy atom. The summed E-state index contributed by atoms with van der Waals surface area (Å²) in [6.45, 7) is 3.70. The summed E-state index contributed by atoms with van der Waals surface area (Å²) in [6, 6.07) is 10.4. The van der Waals surface area contributed by atoms with Gasteiger partial charge >= 0.3 is 0 Å². The van der Waals surface area contributed by atoms with E-state index in [0.717, 1.165) is 25.1 Å². The van der Waals surface area contributed by atoms with Crippen molar-refractivity contribution in [2.45, 2.75) is 26.3 Å². The molecule has 0 unspecified atom stereocenters. The van der Waals surface area contributed by atoms with Gasteiger partial charge in [0.05, 0.1) is 6.42 Å². The van der Waals surface area contributed by atoms with Gasteiger partial charge < -0.3 is 4.90 Å². The summed E-state index contributed by atoms with van der Waals surface area (Å²) < 4.78 is 0. The molecule has 0 saturated carbocycles. The van der Waals surface area contributed by atoms with Crippen LogP contribution in [0.1, 0.15) is 21.6 Å². The van der Waals surface area contributed by atoms with Crippen LogP contribution in [0.25, 0.3) is 0 Å². The number of aryl methyl sites for hydroxylation is 1. The van der Waals surface area contributed by atoms with Crippen molar-refractivity contribution in [2.24, 2.45) is 0 Å². The van der Waals surface area contributed by atoms with E-state index in [2.05, 4.69) is 30.5 Å². The monoisotopic (exact) mass is 271 g/mol. The second kappa shape index (κ2) is 5.17. The highest BCUT2D eigenvalue weighted by atomic mass is 32.1. The number of hydrogen-bond acceptors (Lipinski definition) is 2. The van der Waals surface area contributed by atoms with Gasteiger partial charge in [-0.3, -0.25) is 4.79 Å². The van der Waals surface area contributed by atoms with Crippen LogP contribution in [0.5, 0.6) is 0 Å². The maximum atomic E-state index is 12.3. The molecule has 0 radical (unpaired) electrons. The summed E-state index contributed by atoms with van der Waals surface area (Å²) in [4.78, 5) is 15.7. The standard InChI is InChI=1S/C16H17NOS/c1-12-2-4-13(5-3-12)10-16(18)17-8-6-15-14(11-17)7-9-19-15/h2-5,7,9H,6,8,10-11H2,1H3. The number of thiophene rings is 1. The molecule has 2 heterocycles. The van der Waals surface area contributed by atoms with Gasteiger partial charge in [0.15, 0.2) is 0 Å². The van der Waals surface area contributed by atoms with Crippen molar-refractivity contribution in [3.8, 4) is 0 Å². The Kier molecular flexibility index (Phi) is 3.38. The minimum atomic E-state index is 0.237. The van der Waals surface area contributed by atoms with Crippen molar-refractivity contribution in [3.63, 3.8) is 0 Å². The lowest BCUT2D eigenvalue weighted by atomic mass is 10.1. The molecule has 0 bridgehead atoms. The number of hydrogen-bond donors (Lipinski definition) is 0. The molecule has 2 nitrogen and oxygen atoms in total. The van der Waals surface area contributed by atoms with Crippen LogP contribution in [0.3, 0.4) is 0 Å². The first kappa shape index (κ1) is 12.4. The molecule has 1 aliphatic heterocycles. The third kappa shape index (κ3) is 2.71. The minimum absolute atomic E-state index is 0.237. The van der Waals surface area contributed by atoms with Crippen molar-refractivity contribution in [3.05, 3.63) is 57.3 Å². The lowest BCUT2D eigenvalue weighted by Crippen LogP contribution is -2.36. The summed E-state index contributed by atoms with van der Waals surface area (Å²) in [7, 11) is 0. The molecular formula is C16H17NOS. The molecule has 2 aromatic rings. The number of benzene rings is 1. The predicted molar refractivity (Wildman–Crippen MR) is 78.3 cm³/mol. The van der Waals surface area contributed by atoms with E-state index in [1.807, 2.05) is 17.0 Å². The summed E-state index contributed by atoms with van der Waals surface area (Å²) in [5.41, 5.74) is 3.66. The largest absolute Gasteiger partial charge is 0.338 e. The zero-order chi connectivity index (χ0) is 13.2. The SMILES string of the molecule is Cc1ccc(CC(=O)N2CCc3sccc3C2)cc1. The Labute approximate surface area is 117 Å². The molecule has 0 fully saturated rings. The number of rotatable bonds is 2. The van der Waals surface area contributed by atoms with Gasteiger partial charge in [0.2, 0.25) is 5.91 Å². The smallest absolute Gasteiger partial charge is 0.227 e. The fraction of sp³-hybridized carbons (Fsp3) is 0.312. The van der Waals surface area contributed by atoms with E-state index in [-0.39, 0.29) is 5.91 Å². The first-order valence-electron chi connectivity index (χ1n) is 6.61. The third-order valence-electron chi connectivity index (χ3n) is 3.64. The molecule has 1 aromatic heterocycles. The zero-order valence-corrected chi connectivity index (χ0v) is 11.9. The van der Waals surface area contributed by atoms with E-state index in [4.69, 9.17) is 0 Å². The molecule has 0 spiro atoms. The number of amides is 1. The van der Waals surface area contributed by atoms with Crippen LogP contribution in [0.2, 0.25) is 0 Å².